The van der Waals surface area contributed by atoms with Gasteiger partial charge in [-0.1, -0.05) is 19.1 Å². The van der Waals surface area contributed by atoms with Crippen molar-refractivity contribution in [3.63, 3.8) is 0 Å². The van der Waals surface area contributed by atoms with E-state index < -0.39 is 0 Å². The van der Waals surface area contributed by atoms with Gasteiger partial charge in [0.05, 0.1) is 6.61 Å². The molecule has 3 nitrogen and oxygen atoms in total. The van der Waals surface area contributed by atoms with Gasteiger partial charge in [-0.25, -0.2) is 0 Å². The summed E-state index contributed by atoms with van der Waals surface area (Å²) in [6.07, 6.45) is 2.58. The molecule has 0 amide bonds. The van der Waals surface area contributed by atoms with Gasteiger partial charge in [0.1, 0.15) is 5.75 Å². The summed E-state index contributed by atoms with van der Waals surface area (Å²) in [5.74, 6) is 1.77. The molecule has 0 aromatic heterocycles. The number of piperidine rings is 1. The Balaban J connectivity index is 1.92. The zero-order valence-electron chi connectivity index (χ0n) is 13.0. The van der Waals surface area contributed by atoms with Crippen molar-refractivity contribution >= 4 is 0 Å². The highest BCUT2D eigenvalue weighted by molar-refractivity contribution is 5.29. The number of rotatable bonds is 5. The Morgan fingerprint density at radius 1 is 1.30 bits per heavy atom. The molecule has 1 aromatic rings. The zero-order valence-corrected chi connectivity index (χ0v) is 13.0. The van der Waals surface area contributed by atoms with E-state index in [1.165, 1.54) is 24.9 Å². The Bertz CT molecular complexity index is 404. The molecular weight excluding hydrogens is 248 g/mol. The maximum atomic E-state index is 6.36. The van der Waals surface area contributed by atoms with Crippen molar-refractivity contribution < 1.29 is 4.74 Å². The average molecular weight is 276 g/mol. The van der Waals surface area contributed by atoms with Gasteiger partial charge in [0, 0.05) is 18.6 Å². The van der Waals surface area contributed by atoms with Crippen molar-refractivity contribution in [1.82, 2.24) is 4.90 Å². The average Bonchev–Trinajstić information content (AvgIpc) is 2.43. The minimum Gasteiger partial charge on any atom is -0.494 e. The van der Waals surface area contributed by atoms with E-state index in [4.69, 9.17) is 10.5 Å². The van der Waals surface area contributed by atoms with Crippen molar-refractivity contribution in [3.8, 4) is 5.75 Å². The van der Waals surface area contributed by atoms with Crippen LogP contribution in [0.3, 0.4) is 0 Å². The standard InChI is InChI=1S/C17H28N2O/c1-4-20-16-7-5-15(6-8-16)17(18)12-19-10-9-13(2)11-14(19)3/h5-8,13-14,17H,4,9-12,18H2,1-3H3. The Hall–Kier alpha value is -1.06. The summed E-state index contributed by atoms with van der Waals surface area (Å²) in [7, 11) is 0. The molecule has 1 fully saturated rings. The van der Waals surface area contributed by atoms with Crippen LogP contribution in [0.25, 0.3) is 0 Å². The minimum absolute atomic E-state index is 0.0848. The lowest BCUT2D eigenvalue weighted by atomic mass is 9.92. The van der Waals surface area contributed by atoms with E-state index in [1.54, 1.807) is 0 Å². The fraction of sp³-hybridized carbons (Fsp3) is 0.647. The van der Waals surface area contributed by atoms with Crippen LogP contribution in [-0.2, 0) is 0 Å². The number of ether oxygens (including phenoxy) is 1. The Kier molecular flexibility index (Phi) is 5.44. The monoisotopic (exact) mass is 276 g/mol. The molecule has 0 spiro atoms. The highest BCUT2D eigenvalue weighted by atomic mass is 16.5. The molecule has 1 aromatic carbocycles. The molecule has 1 aliphatic rings. The number of hydrogen-bond donors (Lipinski definition) is 1. The second-order valence-corrected chi connectivity index (χ2v) is 6.08. The smallest absolute Gasteiger partial charge is 0.119 e. The Morgan fingerprint density at radius 2 is 2.00 bits per heavy atom. The maximum absolute atomic E-state index is 6.36. The van der Waals surface area contributed by atoms with E-state index in [1.807, 2.05) is 19.1 Å². The molecule has 0 radical (unpaired) electrons. The summed E-state index contributed by atoms with van der Waals surface area (Å²) in [4.78, 5) is 2.53. The quantitative estimate of drug-likeness (QED) is 0.897. The van der Waals surface area contributed by atoms with Gasteiger partial charge in [0.25, 0.3) is 0 Å². The van der Waals surface area contributed by atoms with Crippen LogP contribution < -0.4 is 10.5 Å². The number of hydrogen-bond acceptors (Lipinski definition) is 3. The van der Waals surface area contributed by atoms with Crippen LogP contribution in [0.5, 0.6) is 5.75 Å². The molecule has 2 rings (SSSR count). The van der Waals surface area contributed by atoms with Gasteiger partial charge < -0.3 is 10.5 Å². The van der Waals surface area contributed by atoms with E-state index >= 15 is 0 Å². The summed E-state index contributed by atoms with van der Waals surface area (Å²) in [6.45, 7) is 9.49. The largest absolute Gasteiger partial charge is 0.494 e. The maximum Gasteiger partial charge on any atom is 0.119 e. The van der Waals surface area contributed by atoms with Gasteiger partial charge in [0.15, 0.2) is 0 Å². The first-order chi connectivity index (χ1) is 9.60. The van der Waals surface area contributed by atoms with Gasteiger partial charge in [-0.2, -0.15) is 0 Å². The van der Waals surface area contributed by atoms with E-state index in [-0.39, 0.29) is 6.04 Å². The van der Waals surface area contributed by atoms with E-state index in [9.17, 15) is 0 Å². The molecule has 1 aliphatic heterocycles. The van der Waals surface area contributed by atoms with Crippen LogP contribution in [0.2, 0.25) is 0 Å². The van der Waals surface area contributed by atoms with Crippen molar-refractivity contribution in [2.75, 3.05) is 19.7 Å². The third-order valence-corrected chi connectivity index (χ3v) is 4.33. The lowest BCUT2D eigenvalue weighted by molar-refractivity contribution is 0.122. The first-order valence-electron chi connectivity index (χ1n) is 7.82. The van der Waals surface area contributed by atoms with Crippen molar-refractivity contribution in [2.24, 2.45) is 11.7 Å². The fourth-order valence-electron chi connectivity index (χ4n) is 3.06. The predicted molar refractivity (Wildman–Crippen MR) is 84.0 cm³/mol. The topological polar surface area (TPSA) is 38.5 Å². The normalized spacial score (nSPS) is 25.4. The van der Waals surface area contributed by atoms with Crippen LogP contribution in [0.4, 0.5) is 0 Å². The summed E-state index contributed by atoms with van der Waals surface area (Å²) in [5, 5.41) is 0. The summed E-state index contributed by atoms with van der Waals surface area (Å²) >= 11 is 0. The number of nitrogens with zero attached hydrogens (tertiary/aromatic N) is 1. The molecule has 1 heterocycles. The van der Waals surface area contributed by atoms with Gasteiger partial charge >= 0.3 is 0 Å². The molecule has 0 saturated carbocycles. The van der Waals surface area contributed by atoms with Crippen LogP contribution in [0, 0.1) is 5.92 Å². The third kappa shape index (κ3) is 3.97. The molecule has 20 heavy (non-hydrogen) atoms. The summed E-state index contributed by atoms with van der Waals surface area (Å²) in [6, 6.07) is 8.94. The zero-order chi connectivity index (χ0) is 14.5. The van der Waals surface area contributed by atoms with Crippen LogP contribution >= 0.6 is 0 Å². The molecule has 3 heteroatoms. The molecule has 3 unspecified atom stereocenters. The van der Waals surface area contributed by atoms with Crippen molar-refractivity contribution in [1.29, 1.82) is 0 Å². The first-order valence-corrected chi connectivity index (χ1v) is 7.82. The lowest BCUT2D eigenvalue weighted by Crippen LogP contribution is -2.43. The van der Waals surface area contributed by atoms with Gasteiger partial charge in [-0.15, -0.1) is 0 Å². The Morgan fingerprint density at radius 3 is 2.60 bits per heavy atom. The summed E-state index contributed by atoms with van der Waals surface area (Å²) < 4.78 is 5.47. The third-order valence-electron chi connectivity index (χ3n) is 4.33. The van der Waals surface area contributed by atoms with Crippen LogP contribution in [0.15, 0.2) is 24.3 Å². The molecule has 3 atom stereocenters. The number of likely N-dealkylation sites (tertiary alicyclic amines) is 1. The predicted octanol–water partition coefficient (Wildman–Crippen LogP) is 3.21. The fourth-order valence-corrected chi connectivity index (χ4v) is 3.06. The van der Waals surface area contributed by atoms with Crippen molar-refractivity contribution in [3.05, 3.63) is 29.8 Å². The van der Waals surface area contributed by atoms with E-state index in [2.05, 4.69) is 30.9 Å². The molecule has 0 aliphatic carbocycles. The van der Waals surface area contributed by atoms with Gasteiger partial charge in [-0.3, -0.25) is 4.90 Å². The minimum atomic E-state index is 0.0848. The highest BCUT2D eigenvalue weighted by Crippen LogP contribution is 2.24. The molecule has 2 N–H and O–H groups in total. The molecule has 112 valence electrons. The van der Waals surface area contributed by atoms with E-state index in [0.717, 1.165) is 18.2 Å². The molecule has 0 bridgehead atoms. The number of benzene rings is 1. The number of nitrogens with two attached hydrogens (primary N) is 1. The molecule has 1 saturated heterocycles. The first kappa shape index (κ1) is 15.3. The van der Waals surface area contributed by atoms with E-state index in [0.29, 0.717) is 12.6 Å². The van der Waals surface area contributed by atoms with Gasteiger partial charge in [0.2, 0.25) is 0 Å². The van der Waals surface area contributed by atoms with Crippen molar-refractivity contribution in [2.45, 2.75) is 45.7 Å². The highest BCUT2D eigenvalue weighted by Gasteiger charge is 2.24. The second kappa shape index (κ2) is 7.09. The Labute approximate surface area is 123 Å². The summed E-state index contributed by atoms with van der Waals surface area (Å²) in [5.41, 5.74) is 7.56. The van der Waals surface area contributed by atoms with Gasteiger partial charge in [-0.05, 0) is 56.8 Å². The lowest BCUT2D eigenvalue weighted by Gasteiger charge is -2.38. The van der Waals surface area contributed by atoms with Crippen LogP contribution in [0.1, 0.15) is 45.2 Å². The SMILES string of the molecule is CCOc1ccc(C(N)CN2CCC(C)CC2C)cc1. The molecular formula is C17H28N2O. The second-order valence-electron chi connectivity index (χ2n) is 6.08. The van der Waals surface area contributed by atoms with Crippen LogP contribution in [-0.4, -0.2) is 30.6 Å².